The molecule has 13 heavy (non-hydrogen) atoms. The number of aromatic nitrogens is 1. The van der Waals surface area contributed by atoms with Crippen LogP contribution in [0.5, 0.6) is 0 Å². The Bertz CT molecular complexity index is 391. The molecule has 0 radical (unpaired) electrons. The molecule has 0 saturated carbocycles. The van der Waals surface area contributed by atoms with Crippen LogP contribution in [0.25, 0.3) is 11.1 Å². The lowest BCUT2D eigenvalue weighted by Gasteiger charge is -1.99. The van der Waals surface area contributed by atoms with Crippen LogP contribution in [0.1, 0.15) is 0 Å². The third-order valence-corrected chi connectivity index (χ3v) is 2.35. The zero-order valence-electron chi connectivity index (χ0n) is 6.50. The second kappa shape index (κ2) is 3.22. The van der Waals surface area contributed by atoms with Crippen molar-refractivity contribution in [2.45, 2.75) is 0 Å². The SMILES string of the molecule is Fc1ccnc(F)c1-c1ccsc1. The topological polar surface area (TPSA) is 12.9 Å². The molecule has 2 heterocycles. The molecule has 0 unspecified atom stereocenters. The summed E-state index contributed by atoms with van der Waals surface area (Å²) in [5.41, 5.74) is 0.483. The van der Waals surface area contributed by atoms with Gasteiger partial charge in [-0.3, -0.25) is 0 Å². The molecular formula is C9H5F2NS. The van der Waals surface area contributed by atoms with Gasteiger partial charge >= 0.3 is 0 Å². The molecule has 0 aliphatic carbocycles. The van der Waals surface area contributed by atoms with Gasteiger partial charge in [-0.15, -0.1) is 0 Å². The van der Waals surface area contributed by atoms with Gasteiger partial charge in [0.1, 0.15) is 5.82 Å². The van der Waals surface area contributed by atoms with Crippen LogP contribution in [-0.4, -0.2) is 4.98 Å². The third kappa shape index (κ3) is 1.45. The Morgan fingerprint density at radius 3 is 2.69 bits per heavy atom. The minimum Gasteiger partial charge on any atom is -0.228 e. The van der Waals surface area contributed by atoms with Gasteiger partial charge in [-0.05, 0) is 28.5 Å². The van der Waals surface area contributed by atoms with Crippen LogP contribution in [0.2, 0.25) is 0 Å². The van der Waals surface area contributed by atoms with Crippen LogP contribution in [0.15, 0.2) is 29.1 Å². The maximum atomic E-state index is 13.1. The number of rotatable bonds is 1. The van der Waals surface area contributed by atoms with Crippen LogP contribution in [0.3, 0.4) is 0 Å². The van der Waals surface area contributed by atoms with Crippen LogP contribution in [0, 0.1) is 11.8 Å². The number of nitrogens with zero attached hydrogens (tertiary/aromatic N) is 1. The van der Waals surface area contributed by atoms with E-state index in [-0.39, 0.29) is 5.56 Å². The minimum absolute atomic E-state index is 0.0521. The molecule has 0 aliphatic rings. The Morgan fingerprint density at radius 2 is 2.08 bits per heavy atom. The van der Waals surface area contributed by atoms with Gasteiger partial charge in [0, 0.05) is 6.20 Å². The van der Waals surface area contributed by atoms with E-state index in [1.54, 1.807) is 16.8 Å². The Kier molecular flexibility index (Phi) is 2.06. The smallest absolute Gasteiger partial charge is 0.223 e. The Morgan fingerprint density at radius 1 is 1.23 bits per heavy atom. The largest absolute Gasteiger partial charge is 0.228 e. The number of pyridine rings is 1. The first-order valence-electron chi connectivity index (χ1n) is 3.61. The van der Waals surface area contributed by atoms with Crippen molar-refractivity contribution in [3.8, 4) is 11.1 Å². The third-order valence-electron chi connectivity index (χ3n) is 1.66. The van der Waals surface area contributed by atoms with Crippen LogP contribution in [0.4, 0.5) is 8.78 Å². The Hall–Kier alpha value is -1.29. The number of halogens is 2. The van der Waals surface area contributed by atoms with E-state index in [9.17, 15) is 8.78 Å². The molecule has 0 atom stereocenters. The molecule has 0 aliphatic heterocycles. The van der Waals surface area contributed by atoms with Crippen molar-refractivity contribution < 1.29 is 8.78 Å². The van der Waals surface area contributed by atoms with Gasteiger partial charge in [-0.25, -0.2) is 9.37 Å². The molecule has 2 aromatic heterocycles. The van der Waals surface area contributed by atoms with E-state index in [0.29, 0.717) is 5.56 Å². The predicted octanol–water partition coefficient (Wildman–Crippen LogP) is 3.09. The van der Waals surface area contributed by atoms with E-state index in [0.717, 1.165) is 12.3 Å². The number of hydrogen-bond donors (Lipinski definition) is 0. The van der Waals surface area contributed by atoms with Gasteiger partial charge in [0.15, 0.2) is 0 Å². The van der Waals surface area contributed by atoms with Gasteiger partial charge in [0.25, 0.3) is 0 Å². The van der Waals surface area contributed by atoms with Gasteiger partial charge in [0.2, 0.25) is 5.95 Å². The summed E-state index contributed by atoms with van der Waals surface area (Å²) in [6.07, 6.45) is 1.11. The fourth-order valence-electron chi connectivity index (χ4n) is 1.08. The molecule has 2 rings (SSSR count). The highest BCUT2D eigenvalue weighted by atomic mass is 32.1. The first-order chi connectivity index (χ1) is 6.29. The van der Waals surface area contributed by atoms with Gasteiger partial charge in [0.05, 0.1) is 5.56 Å². The van der Waals surface area contributed by atoms with E-state index in [1.165, 1.54) is 11.3 Å². The summed E-state index contributed by atoms with van der Waals surface area (Å²) >= 11 is 1.39. The summed E-state index contributed by atoms with van der Waals surface area (Å²) in [7, 11) is 0. The van der Waals surface area contributed by atoms with Gasteiger partial charge in [-0.1, -0.05) is 0 Å². The molecule has 0 spiro atoms. The van der Waals surface area contributed by atoms with E-state index in [2.05, 4.69) is 4.98 Å². The quantitative estimate of drug-likeness (QED) is 0.640. The highest BCUT2D eigenvalue weighted by molar-refractivity contribution is 7.08. The molecule has 0 bridgehead atoms. The fourth-order valence-corrected chi connectivity index (χ4v) is 1.73. The van der Waals surface area contributed by atoms with Gasteiger partial charge in [-0.2, -0.15) is 15.7 Å². The molecular weight excluding hydrogens is 192 g/mol. The van der Waals surface area contributed by atoms with Crippen LogP contribution < -0.4 is 0 Å². The van der Waals surface area contributed by atoms with Crippen LogP contribution in [-0.2, 0) is 0 Å². The maximum absolute atomic E-state index is 13.1. The van der Waals surface area contributed by atoms with Crippen molar-refractivity contribution in [2.75, 3.05) is 0 Å². The minimum atomic E-state index is -0.765. The van der Waals surface area contributed by atoms with Crippen LogP contribution >= 0.6 is 11.3 Å². The van der Waals surface area contributed by atoms with Crippen molar-refractivity contribution in [3.05, 3.63) is 40.9 Å². The normalized spacial score (nSPS) is 10.3. The highest BCUT2D eigenvalue weighted by Crippen LogP contribution is 2.26. The summed E-state index contributed by atoms with van der Waals surface area (Å²) in [5, 5.41) is 3.45. The zero-order chi connectivity index (χ0) is 9.26. The number of thiophene rings is 1. The molecule has 1 nitrogen and oxygen atoms in total. The summed E-state index contributed by atoms with van der Waals surface area (Å²) in [4.78, 5) is 3.39. The highest BCUT2D eigenvalue weighted by Gasteiger charge is 2.11. The Balaban J connectivity index is 2.64. The van der Waals surface area contributed by atoms with E-state index < -0.39 is 11.8 Å². The molecule has 0 amide bonds. The monoisotopic (exact) mass is 197 g/mol. The van der Waals surface area contributed by atoms with E-state index >= 15 is 0 Å². The second-order valence-electron chi connectivity index (χ2n) is 2.47. The van der Waals surface area contributed by atoms with E-state index in [1.807, 2.05) is 0 Å². The maximum Gasteiger partial charge on any atom is 0.223 e. The van der Waals surface area contributed by atoms with Crippen molar-refractivity contribution >= 4 is 11.3 Å². The predicted molar refractivity (Wildman–Crippen MR) is 47.5 cm³/mol. The average molecular weight is 197 g/mol. The molecule has 0 saturated heterocycles. The fraction of sp³-hybridized carbons (Fsp3) is 0. The average Bonchev–Trinajstić information content (AvgIpc) is 2.57. The summed E-state index contributed by atoms with van der Waals surface area (Å²) in [6.45, 7) is 0. The summed E-state index contributed by atoms with van der Waals surface area (Å²) < 4.78 is 26.2. The molecule has 0 N–H and O–H groups in total. The lowest BCUT2D eigenvalue weighted by Crippen LogP contribution is -1.91. The number of hydrogen-bond acceptors (Lipinski definition) is 2. The molecule has 2 aromatic rings. The van der Waals surface area contributed by atoms with Crippen molar-refractivity contribution in [2.24, 2.45) is 0 Å². The second-order valence-corrected chi connectivity index (χ2v) is 3.25. The summed E-state index contributed by atoms with van der Waals surface area (Å²) in [6, 6.07) is 2.81. The Labute approximate surface area is 77.7 Å². The zero-order valence-corrected chi connectivity index (χ0v) is 7.31. The first kappa shape index (κ1) is 8.31. The first-order valence-corrected chi connectivity index (χ1v) is 4.56. The molecule has 0 aromatic carbocycles. The van der Waals surface area contributed by atoms with Crippen molar-refractivity contribution in [1.29, 1.82) is 0 Å². The summed E-state index contributed by atoms with van der Waals surface area (Å²) in [5.74, 6) is -1.34. The molecule has 4 heteroatoms. The lowest BCUT2D eigenvalue weighted by atomic mass is 10.1. The van der Waals surface area contributed by atoms with Crippen molar-refractivity contribution in [1.82, 2.24) is 4.98 Å². The molecule has 0 fully saturated rings. The van der Waals surface area contributed by atoms with Gasteiger partial charge < -0.3 is 0 Å². The molecule has 66 valence electrons. The lowest BCUT2D eigenvalue weighted by molar-refractivity contribution is 0.558. The van der Waals surface area contributed by atoms with Crippen molar-refractivity contribution in [3.63, 3.8) is 0 Å². The van der Waals surface area contributed by atoms with E-state index in [4.69, 9.17) is 0 Å². The standard InChI is InChI=1S/C9H5F2NS/c10-7-1-3-12-9(11)8(7)6-2-4-13-5-6/h1-5H.